The van der Waals surface area contributed by atoms with E-state index in [1.807, 2.05) is 12.1 Å². The van der Waals surface area contributed by atoms with Crippen molar-refractivity contribution < 1.29 is 14.3 Å². The second-order valence-corrected chi connectivity index (χ2v) is 3.88. The molecule has 0 saturated heterocycles. The van der Waals surface area contributed by atoms with Crippen LogP contribution >= 0.6 is 0 Å². The second kappa shape index (κ2) is 8.47. The van der Waals surface area contributed by atoms with Gasteiger partial charge in [0.2, 0.25) is 5.88 Å². The van der Waals surface area contributed by atoms with Crippen molar-refractivity contribution in [2.75, 3.05) is 20.3 Å². The Balaban J connectivity index is 2.22. The summed E-state index contributed by atoms with van der Waals surface area (Å²) in [4.78, 5) is 15.3. The highest BCUT2D eigenvalue weighted by atomic mass is 16.5. The van der Waals surface area contributed by atoms with Gasteiger partial charge in [-0.2, -0.15) is 0 Å². The van der Waals surface area contributed by atoms with Gasteiger partial charge in [-0.1, -0.05) is 13.3 Å². The van der Waals surface area contributed by atoms with Gasteiger partial charge in [-0.15, -0.1) is 0 Å². The van der Waals surface area contributed by atoms with Gasteiger partial charge in [0.1, 0.15) is 0 Å². The third-order valence-electron chi connectivity index (χ3n) is 2.37. The van der Waals surface area contributed by atoms with Crippen molar-refractivity contribution in [2.24, 2.45) is 0 Å². The zero-order valence-corrected chi connectivity index (χ0v) is 10.9. The molecule has 0 saturated carbocycles. The minimum Gasteiger partial charge on any atom is -0.481 e. The van der Waals surface area contributed by atoms with Crippen LogP contribution in [0.25, 0.3) is 0 Å². The Hall–Kier alpha value is -1.62. The Labute approximate surface area is 108 Å². The van der Waals surface area contributed by atoms with Crippen LogP contribution in [0.5, 0.6) is 5.88 Å². The lowest BCUT2D eigenvalue weighted by Gasteiger charge is -2.06. The van der Waals surface area contributed by atoms with Crippen LogP contribution in [0.2, 0.25) is 0 Å². The number of pyridine rings is 1. The van der Waals surface area contributed by atoms with Crippen LogP contribution in [0.1, 0.15) is 25.3 Å². The van der Waals surface area contributed by atoms with Crippen LogP contribution in [0.15, 0.2) is 18.3 Å². The summed E-state index contributed by atoms with van der Waals surface area (Å²) in [5.41, 5.74) is 1.02. The van der Waals surface area contributed by atoms with Crippen LogP contribution in [-0.4, -0.2) is 31.2 Å². The molecule has 1 aromatic rings. The van der Waals surface area contributed by atoms with E-state index in [0.29, 0.717) is 19.0 Å². The molecule has 100 valence electrons. The van der Waals surface area contributed by atoms with Crippen molar-refractivity contribution in [1.82, 2.24) is 10.3 Å². The van der Waals surface area contributed by atoms with E-state index in [4.69, 9.17) is 9.47 Å². The first-order valence-electron chi connectivity index (χ1n) is 6.11. The molecular formula is C13H20N2O3. The molecule has 1 heterocycles. The molecule has 0 spiro atoms. The first-order chi connectivity index (χ1) is 8.76. The third kappa shape index (κ3) is 5.63. The van der Waals surface area contributed by atoms with Gasteiger partial charge in [-0.25, -0.2) is 4.98 Å². The zero-order valence-electron chi connectivity index (χ0n) is 10.9. The summed E-state index contributed by atoms with van der Waals surface area (Å²) in [5, 5.41) is 3.02. The molecule has 0 aliphatic rings. The first kappa shape index (κ1) is 14.4. The number of nitrogens with one attached hydrogen (secondary N) is 1. The summed E-state index contributed by atoms with van der Waals surface area (Å²) in [6.45, 7) is 3.36. The fraction of sp³-hybridized carbons (Fsp3) is 0.538. The van der Waals surface area contributed by atoms with Crippen molar-refractivity contribution in [2.45, 2.75) is 26.3 Å². The maximum absolute atomic E-state index is 11.3. The molecule has 0 atom stereocenters. The van der Waals surface area contributed by atoms with Gasteiger partial charge in [0.15, 0.2) is 0 Å². The van der Waals surface area contributed by atoms with E-state index in [9.17, 15) is 4.79 Å². The summed E-state index contributed by atoms with van der Waals surface area (Å²) in [5.74, 6) is 0.351. The average Bonchev–Trinajstić information content (AvgIpc) is 2.39. The van der Waals surface area contributed by atoms with Crippen LogP contribution in [-0.2, 0) is 16.1 Å². The van der Waals surface area contributed by atoms with Crippen LogP contribution in [0.4, 0.5) is 0 Å². The number of nitrogens with zero attached hydrogens (tertiary/aromatic N) is 1. The number of hydrogen-bond acceptors (Lipinski definition) is 5. The minimum atomic E-state index is -0.218. The first-order valence-corrected chi connectivity index (χ1v) is 6.11. The molecule has 0 fully saturated rings. The van der Waals surface area contributed by atoms with Crippen molar-refractivity contribution in [3.05, 3.63) is 23.9 Å². The number of esters is 1. The van der Waals surface area contributed by atoms with E-state index in [0.717, 1.165) is 18.4 Å². The van der Waals surface area contributed by atoms with Crippen molar-refractivity contribution in [3.63, 3.8) is 0 Å². The number of hydrogen-bond donors (Lipinski definition) is 1. The Bertz CT molecular complexity index is 369. The molecule has 0 aromatic carbocycles. The lowest BCUT2D eigenvalue weighted by Crippen LogP contribution is -2.24. The fourth-order valence-electron chi connectivity index (χ4n) is 1.36. The van der Waals surface area contributed by atoms with Crippen LogP contribution in [0, 0.1) is 0 Å². The van der Waals surface area contributed by atoms with Crippen LogP contribution < -0.4 is 10.1 Å². The smallest absolute Gasteiger partial charge is 0.319 e. The average molecular weight is 252 g/mol. The van der Waals surface area contributed by atoms with Gasteiger partial charge in [0.05, 0.1) is 20.3 Å². The van der Waals surface area contributed by atoms with Crippen molar-refractivity contribution in [1.29, 1.82) is 0 Å². The van der Waals surface area contributed by atoms with Gasteiger partial charge in [-0.05, 0) is 18.1 Å². The summed E-state index contributed by atoms with van der Waals surface area (Å²) in [6, 6.07) is 3.70. The highest BCUT2D eigenvalue weighted by molar-refractivity contribution is 5.71. The number of ether oxygens (including phenoxy) is 2. The van der Waals surface area contributed by atoms with Crippen molar-refractivity contribution in [3.8, 4) is 5.88 Å². The van der Waals surface area contributed by atoms with E-state index in [1.165, 1.54) is 0 Å². The molecule has 0 radical (unpaired) electrons. The van der Waals surface area contributed by atoms with Gasteiger partial charge < -0.3 is 14.8 Å². The molecule has 1 aromatic heterocycles. The molecule has 0 bridgehead atoms. The third-order valence-corrected chi connectivity index (χ3v) is 2.37. The Morgan fingerprint density at radius 1 is 1.50 bits per heavy atom. The molecule has 5 nitrogen and oxygen atoms in total. The molecule has 18 heavy (non-hydrogen) atoms. The van der Waals surface area contributed by atoms with E-state index in [-0.39, 0.29) is 12.5 Å². The summed E-state index contributed by atoms with van der Waals surface area (Å²) in [7, 11) is 1.57. The molecule has 0 aliphatic carbocycles. The zero-order chi connectivity index (χ0) is 13.2. The minimum absolute atomic E-state index is 0.217. The maximum Gasteiger partial charge on any atom is 0.319 e. The predicted molar refractivity (Wildman–Crippen MR) is 68.4 cm³/mol. The maximum atomic E-state index is 11.3. The summed E-state index contributed by atoms with van der Waals surface area (Å²) >= 11 is 0. The van der Waals surface area contributed by atoms with Crippen LogP contribution in [0.3, 0.4) is 0 Å². The molecule has 0 amide bonds. The number of unbranched alkanes of at least 4 members (excludes halogenated alkanes) is 1. The normalized spacial score (nSPS) is 10.1. The largest absolute Gasteiger partial charge is 0.481 e. The van der Waals surface area contributed by atoms with Gasteiger partial charge >= 0.3 is 5.97 Å². The summed E-state index contributed by atoms with van der Waals surface area (Å²) < 4.78 is 10.0. The lowest BCUT2D eigenvalue weighted by molar-refractivity contribution is -0.142. The molecule has 0 aliphatic heterocycles. The number of methoxy groups -OCH3 is 1. The number of carbonyl (C=O) groups excluding carboxylic acids is 1. The highest BCUT2D eigenvalue weighted by Crippen LogP contribution is 2.07. The molecule has 5 heteroatoms. The van der Waals surface area contributed by atoms with E-state index < -0.39 is 0 Å². The van der Waals surface area contributed by atoms with E-state index >= 15 is 0 Å². The number of aromatic nitrogens is 1. The summed E-state index contributed by atoms with van der Waals surface area (Å²) in [6.07, 6.45) is 3.61. The number of rotatable bonds is 8. The highest BCUT2D eigenvalue weighted by Gasteiger charge is 2.02. The topological polar surface area (TPSA) is 60.5 Å². The van der Waals surface area contributed by atoms with E-state index in [1.54, 1.807) is 13.3 Å². The van der Waals surface area contributed by atoms with E-state index in [2.05, 4.69) is 17.2 Å². The van der Waals surface area contributed by atoms with Gasteiger partial charge in [0, 0.05) is 18.8 Å². The standard InChI is InChI=1S/C13H20N2O3/c1-3-4-7-18-13(16)10-14-9-11-5-6-15-12(8-11)17-2/h5-6,8,14H,3-4,7,9-10H2,1-2H3. The Kier molecular flexibility index (Phi) is 6.79. The molecule has 1 rings (SSSR count). The Morgan fingerprint density at radius 3 is 3.06 bits per heavy atom. The Morgan fingerprint density at radius 2 is 2.33 bits per heavy atom. The predicted octanol–water partition coefficient (Wildman–Crippen LogP) is 1.52. The van der Waals surface area contributed by atoms with Crippen molar-refractivity contribution >= 4 is 5.97 Å². The second-order valence-electron chi connectivity index (χ2n) is 3.88. The van der Waals surface area contributed by atoms with Gasteiger partial charge in [0.25, 0.3) is 0 Å². The number of carbonyl (C=O) groups is 1. The molecule has 1 N–H and O–H groups in total. The quantitative estimate of drug-likeness (QED) is 0.561. The van der Waals surface area contributed by atoms with Gasteiger partial charge in [-0.3, -0.25) is 4.79 Å². The fourth-order valence-corrected chi connectivity index (χ4v) is 1.36. The SMILES string of the molecule is CCCCOC(=O)CNCc1ccnc(OC)c1. The molecule has 0 unspecified atom stereocenters. The lowest BCUT2D eigenvalue weighted by atomic mass is 10.2. The monoisotopic (exact) mass is 252 g/mol. The molecular weight excluding hydrogens is 232 g/mol.